The number of hydrogen-bond donors (Lipinski definition) is 1. The highest BCUT2D eigenvalue weighted by molar-refractivity contribution is 7.92. The molecule has 0 radical (unpaired) electrons. The highest BCUT2D eigenvalue weighted by atomic mass is 32.2. The summed E-state index contributed by atoms with van der Waals surface area (Å²) in [7, 11) is -3.60. The Morgan fingerprint density at radius 3 is 2.67 bits per heavy atom. The fourth-order valence-corrected chi connectivity index (χ4v) is 3.10. The Labute approximate surface area is 107 Å². The zero-order valence-electron chi connectivity index (χ0n) is 9.89. The van der Waals surface area contributed by atoms with Crippen molar-refractivity contribution in [3.8, 4) is 6.07 Å². The Bertz CT molecular complexity index is 616. The second-order valence-corrected chi connectivity index (χ2v) is 6.08. The summed E-state index contributed by atoms with van der Waals surface area (Å²) >= 11 is 0. The molecule has 0 bridgehead atoms. The van der Waals surface area contributed by atoms with Crippen molar-refractivity contribution in [1.29, 1.82) is 5.26 Å². The van der Waals surface area contributed by atoms with E-state index in [1.54, 1.807) is 0 Å². The number of hydrogen-bond acceptors (Lipinski definition) is 3. The summed E-state index contributed by atoms with van der Waals surface area (Å²) in [5.41, 5.74) is 1.15. The molecule has 0 spiro atoms. The van der Waals surface area contributed by atoms with Gasteiger partial charge in [0, 0.05) is 11.8 Å². The predicted molar refractivity (Wildman–Crippen MR) is 69.1 cm³/mol. The molecule has 0 aliphatic heterocycles. The first-order valence-corrected chi connectivity index (χ1v) is 7.19. The van der Waals surface area contributed by atoms with Crippen LogP contribution in [0.1, 0.15) is 17.5 Å². The van der Waals surface area contributed by atoms with E-state index in [2.05, 4.69) is 17.4 Å². The molecule has 4 nitrogen and oxygen atoms in total. The molecule has 0 saturated carbocycles. The van der Waals surface area contributed by atoms with E-state index < -0.39 is 15.6 Å². The molecule has 0 fully saturated rings. The molecule has 0 amide bonds. The van der Waals surface area contributed by atoms with Gasteiger partial charge in [0.25, 0.3) is 0 Å². The van der Waals surface area contributed by atoms with Crippen molar-refractivity contribution in [1.82, 2.24) is 4.72 Å². The minimum atomic E-state index is -3.60. The molecule has 5 heteroatoms. The zero-order chi connectivity index (χ0) is 13.2. The summed E-state index contributed by atoms with van der Waals surface area (Å²) in [5, 5.41) is 10.2. The Balaban J connectivity index is 2.34. The summed E-state index contributed by atoms with van der Waals surface area (Å²) < 4.78 is 25.6. The maximum Gasteiger partial charge on any atom is 0.234 e. The fourth-order valence-electron chi connectivity index (χ4n) is 2.25. The smallest absolute Gasteiger partial charge is 0.208 e. The van der Waals surface area contributed by atoms with Gasteiger partial charge < -0.3 is 0 Å². The van der Waals surface area contributed by atoms with Crippen LogP contribution in [-0.2, 0) is 22.9 Å². The molecule has 1 aliphatic carbocycles. The van der Waals surface area contributed by atoms with E-state index in [-0.39, 0.29) is 0 Å². The third-order valence-electron chi connectivity index (χ3n) is 3.20. The van der Waals surface area contributed by atoms with Gasteiger partial charge >= 0.3 is 0 Å². The topological polar surface area (TPSA) is 70.0 Å². The van der Waals surface area contributed by atoms with E-state index in [9.17, 15) is 13.7 Å². The van der Waals surface area contributed by atoms with Crippen LogP contribution in [0, 0.1) is 11.3 Å². The monoisotopic (exact) mass is 262 g/mol. The third-order valence-corrected chi connectivity index (χ3v) is 4.32. The van der Waals surface area contributed by atoms with Crippen molar-refractivity contribution >= 4 is 10.0 Å². The molecule has 0 saturated heterocycles. The summed E-state index contributed by atoms with van der Waals surface area (Å²) in [5.74, 6) is 0. The normalized spacial score (nSPS) is 22.8. The van der Waals surface area contributed by atoms with Crippen LogP contribution >= 0.6 is 0 Å². The molecule has 1 atom stereocenters. The standard InChI is InChI=1S/C13H14N2O2S/c1-2-18(16,17)15-13(10-14)8-7-11-5-3-4-6-12(11)9-13/h2-6,15H,1,7-9H2. The second-order valence-electron chi connectivity index (χ2n) is 4.45. The highest BCUT2D eigenvalue weighted by Crippen LogP contribution is 2.29. The number of nitrogens with zero attached hydrogens (tertiary/aromatic N) is 1. The van der Waals surface area contributed by atoms with E-state index >= 15 is 0 Å². The molecule has 1 unspecified atom stereocenters. The van der Waals surface area contributed by atoms with E-state index in [0.717, 1.165) is 11.0 Å². The van der Waals surface area contributed by atoms with Crippen molar-refractivity contribution in [3.63, 3.8) is 0 Å². The van der Waals surface area contributed by atoms with Gasteiger partial charge in [0.1, 0.15) is 5.54 Å². The Kier molecular flexibility index (Phi) is 3.24. The van der Waals surface area contributed by atoms with Crippen LogP contribution < -0.4 is 4.72 Å². The molecule has 18 heavy (non-hydrogen) atoms. The predicted octanol–water partition coefficient (Wildman–Crippen LogP) is 1.50. The van der Waals surface area contributed by atoms with Crippen LogP contribution in [0.15, 0.2) is 36.3 Å². The lowest BCUT2D eigenvalue weighted by Crippen LogP contribution is -2.50. The van der Waals surface area contributed by atoms with Crippen molar-refractivity contribution in [2.75, 3.05) is 0 Å². The van der Waals surface area contributed by atoms with Gasteiger partial charge in [0.15, 0.2) is 0 Å². The van der Waals surface area contributed by atoms with E-state index in [1.165, 1.54) is 5.56 Å². The third kappa shape index (κ3) is 2.45. The first-order valence-electron chi connectivity index (χ1n) is 5.65. The van der Waals surface area contributed by atoms with Crippen LogP contribution in [0.4, 0.5) is 0 Å². The minimum Gasteiger partial charge on any atom is -0.208 e. The van der Waals surface area contributed by atoms with Crippen LogP contribution in [0.5, 0.6) is 0 Å². The molecular formula is C13H14N2O2S. The van der Waals surface area contributed by atoms with Gasteiger partial charge in [-0.1, -0.05) is 30.8 Å². The average Bonchev–Trinajstić information content (AvgIpc) is 2.38. The van der Waals surface area contributed by atoms with E-state index in [0.29, 0.717) is 19.3 Å². The van der Waals surface area contributed by atoms with Crippen LogP contribution in [0.2, 0.25) is 0 Å². The van der Waals surface area contributed by atoms with Gasteiger partial charge in [-0.15, -0.1) is 0 Å². The molecule has 1 N–H and O–H groups in total. The molecular weight excluding hydrogens is 248 g/mol. The largest absolute Gasteiger partial charge is 0.234 e. The summed E-state index contributed by atoms with van der Waals surface area (Å²) in [4.78, 5) is 0. The van der Waals surface area contributed by atoms with Crippen molar-refractivity contribution < 1.29 is 8.42 Å². The van der Waals surface area contributed by atoms with Gasteiger partial charge in [-0.2, -0.15) is 9.98 Å². The molecule has 1 aliphatic rings. The molecule has 94 valence electrons. The second kappa shape index (κ2) is 4.56. The Morgan fingerprint density at radius 1 is 1.39 bits per heavy atom. The fraction of sp³-hybridized carbons (Fsp3) is 0.308. The number of fused-ring (bicyclic) bond motifs is 1. The molecule has 1 aromatic carbocycles. The molecule has 0 aromatic heterocycles. The quantitative estimate of drug-likeness (QED) is 0.897. The number of aryl methyl sites for hydroxylation is 1. The first-order chi connectivity index (χ1) is 8.50. The van der Waals surface area contributed by atoms with Gasteiger partial charge in [-0.25, -0.2) is 8.42 Å². The van der Waals surface area contributed by atoms with Gasteiger partial charge in [0.05, 0.1) is 6.07 Å². The maximum atomic E-state index is 11.6. The average molecular weight is 262 g/mol. The van der Waals surface area contributed by atoms with Crippen molar-refractivity contribution in [3.05, 3.63) is 47.4 Å². The number of nitrogens with one attached hydrogen (secondary N) is 1. The highest BCUT2D eigenvalue weighted by Gasteiger charge is 2.37. The lowest BCUT2D eigenvalue weighted by Gasteiger charge is -2.32. The Morgan fingerprint density at radius 2 is 2.06 bits per heavy atom. The first kappa shape index (κ1) is 12.8. The van der Waals surface area contributed by atoms with E-state index in [1.807, 2.05) is 24.3 Å². The van der Waals surface area contributed by atoms with E-state index in [4.69, 9.17) is 0 Å². The Hall–Kier alpha value is -1.64. The number of sulfonamides is 1. The SMILES string of the molecule is C=CS(=O)(=O)NC1(C#N)CCc2ccccc2C1. The summed E-state index contributed by atoms with van der Waals surface area (Å²) in [6.07, 6.45) is 1.57. The lowest BCUT2D eigenvalue weighted by atomic mass is 9.80. The van der Waals surface area contributed by atoms with Crippen molar-refractivity contribution in [2.24, 2.45) is 0 Å². The molecule has 0 heterocycles. The van der Waals surface area contributed by atoms with Gasteiger partial charge in [0.2, 0.25) is 10.0 Å². The minimum absolute atomic E-state index is 0.396. The van der Waals surface area contributed by atoms with Crippen LogP contribution in [-0.4, -0.2) is 14.0 Å². The van der Waals surface area contributed by atoms with Gasteiger partial charge in [-0.05, 0) is 24.0 Å². The number of nitriles is 1. The number of rotatable bonds is 3. The summed E-state index contributed by atoms with van der Waals surface area (Å²) in [6.45, 7) is 3.25. The van der Waals surface area contributed by atoms with Crippen LogP contribution in [0.3, 0.4) is 0 Å². The summed E-state index contributed by atoms with van der Waals surface area (Å²) in [6, 6.07) is 9.90. The van der Waals surface area contributed by atoms with Gasteiger partial charge in [-0.3, -0.25) is 0 Å². The number of benzene rings is 1. The molecule has 1 aromatic rings. The zero-order valence-corrected chi connectivity index (χ0v) is 10.7. The molecule has 2 rings (SSSR count). The maximum absolute atomic E-state index is 11.6. The van der Waals surface area contributed by atoms with Crippen molar-refractivity contribution in [2.45, 2.75) is 24.8 Å². The van der Waals surface area contributed by atoms with Crippen LogP contribution in [0.25, 0.3) is 0 Å². The lowest BCUT2D eigenvalue weighted by molar-refractivity contribution is 0.423.